The van der Waals surface area contributed by atoms with Crippen LogP contribution in [-0.4, -0.2) is 15.7 Å². The van der Waals surface area contributed by atoms with Crippen molar-refractivity contribution in [3.05, 3.63) is 46.7 Å². The molecule has 0 aliphatic heterocycles. The SMILES string of the molecule is Cc1ccn(C(C)C(=O)Nc2cc(Cl)ccc2C)n1. The van der Waals surface area contributed by atoms with Crippen LogP contribution in [0, 0.1) is 13.8 Å². The number of benzene rings is 1. The summed E-state index contributed by atoms with van der Waals surface area (Å²) in [6.45, 7) is 5.62. The standard InChI is InChI=1S/C14H16ClN3O/c1-9-4-5-12(15)8-13(9)16-14(19)11(3)18-7-6-10(2)17-18/h4-8,11H,1-3H3,(H,16,19). The molecule has 0 bridgehead atoms. The van der Waals surface area contributed by atoms with Crippen LogP contribution in [0.2, 0.25) is 5.02 Å². The molecular weight excluding hydrogens is 262 g/mol. The molecule has 4 nitrogen and oxygen atoms in total. The first-order chi connectivity index (χ1) is 8.97. The van der Waals surface area contributed by atoms with Gasteiger partial charge in [-0.05, 0) is 44.5 Å². The smallest absolute Gasteiger partial charge is 0.248 e. The second-order valence-corrected chi connectivity index (χ2v) is 5.00. The molecule has 19 heavy (non-hydrogen) atoms. The van der Waals surface area contributed by atoms with Gasteiger partial charge in [0.05, 0.1) is 5.69 Å². The van der Waals surface area contributed by atoms with Gasteiger partial charge in [0, 0.05) is 16.9 Å². The lowest BCUT2D eigenvalue weighted by atomic mass is 10.2. The van der Waals surface area contributed by atoms with Crippen LogP contribution in [0.5, 0.6) is 0 Å². The summed E-state index contributed by atoms with van der Waals surface area (Å²) in [4.78, 5) is 12.2. The molecule has 1 atom stereocenters. The molecule has 2 aromatic rings. The lowest BCUT2D eigenvalue weighted by Crippen LogP contribution is -2.24. The van der Waals surface area contributed by atoms with E-state index in [1.807, 2.05) is 32.9 Å². The number of halogens is 1. The minimum atomic E-state index is -0.368. The van der Waals surface area contributed by atoms with Crippen molar-refractivity contribution in [3.63, 3.8) is 0 Å². The Bertz CT molecular complexity index is 606. The third kappa shape index (κ3) is 3.15. The number of carbonyl (C=O) groups is 1. The summed E-state index contributed by atoms with van der Waals surface area (Å²) in [5, 5.41) is 7.72. The molecule has 0 saturated heterocycles. The zero-order valence-corrected chi connectivity index (χ0v) is 11.9. The molecule has 100 valence electrons. The minimum Gasteiger partial charge on any atom is -0.324 e. The van der Waals surface area contributed by atoms with Crippen LogP contribution >= 0.6 is 11.6 Å². The fourth-order valence-electron chi connectivity index (χ4n) is 1.73. The molecule has 0 saturated carbocycles. The number of anilines is 1. The van der Waals surface area contributed by atoms with Crippen LogP contribution in [-0.2, 0) is 4.79 Å². The van der Waals surface area contributed by atoms with Gasteiger partial charge in [-0.15, -0.1) is 0 Å². The monoisotopic (exact) mass is 277 g/mol. The predicted molar refractivity (Wildman–Crippen MR) is 76.5 cm³/mol. The molecule has 1 aromatic carbocycles. The van der Waals surface area contributed by atoms with Crippen molar-refractivity contribution < 1.29 is 4.79 Å². The third-order valence-electron chi connectivity index (χ3n) is 2.98. The Balaban J connectivity index is 2.14. The summed E-state index contributed by atoms with van der Waals surface area (Å²) in [5.41, 5.74) is 2.59. The van der Waals surface area contributed by atoms with E-state index in [0.29, 0.717) is 5.02 Å². The molecule has 0 spiro atoms. The average Bonchev–Trinajstić information content (AvgIpc) is 2.79. The van der Waals surface area contributed by atoms with Crippen LogP contribution in [0.4, 0.5) is 5.69 Å². The first-order valence-corrected chi connectivity index (χ1v) is 6.44. The third-order valence-corrected chi connectivity index (χ3v) is 3.21. The van der Waals surface area contributed by atoms with Gasteiger partial charge in [-0.2, -0.15) is 5.10 Å². The highest BCUT2D eigenvalue weighted by Gasteiger charge is 2.16. The summed E-state index contributed by atoms with van der Waals surface area (Å²) in [6.07, 6.45) is 1.80. The quantitative estimate of drug-likeness (QED) is 0.935. The number of hydrogen-bond acceptors (Lipinski definition) is 2. The zero-order chi connectivity index (χ0) is 14.0. The summed E-state index contributed by atoms with van der Waals surface area (Å²) in [5.74, 6) is -0.117. The Kier molecular flexibility index (Phi) is 3.90. The van der Waals surface area contributed by atoms with E-state index in [2.05, 4.69) is 10.4 Å². The van der Waals surface area contributed by atoms with Crippen LogP contribution in [0.1, 0.15) is 24.2 Å². The van der Waals surface area contributed by atoms with Crippen molar-refractivity contribution in [1.82, 2.24) is 9.78 Å². The van der Waals surface area contributed by atoms with Crippen LogP contribution in [0.15, 0.2) is 30.5 Å². The number of amides is 1. The van der Waals surface area contributed by atoms with Crippen molar-refractivity contribution in [2.75, 3.05) is 5.32 Å². The van der Waals surface area contributed by atoms with Gasteiger partial charge in [-0.25, -0.2) is 0 Å². The number of hydrogen-bond donors (Lipinski definition) is 1. The summed E-state index contributed by atoms with van der Waals surface area (Å²) >= 11 is 5.93. The maximum Gasteiger partial charge on any atom is 0.248 e. The van der Waals surface area contributed by atoms with E-state index in [1.165, 1.54) is 0 Å². The Morgan fingerprint density at radius 2 is 2.11 bits per heavy atom. The van der Waals surface area contributed by atoms with Gasteiger partial charge in [0.15, 0.2) is 0 Å². The first-order valence-electron chi connectivity index (χ1n) is 6.06. The van der Waals surface area contributed by atoms with E-state index in [4.69, 9.17) is 11.6 Å². The van der Waals surface area contributed by atoms with E-state index in [1.54, 1.807) is 23.0 Å². The minimum absolute atomic E-state index is 0.117. The highest BCUT2D eigenvalue weighted by atomic mass is 35.5. The number of carbonyl (C=O) groups excluding carboxylic acids is 1. The number of aromatic nitrogens is 2. The molecule has 0 aliphatic rings. The molecule has 1 amide bonds. The van der Waals surface area contributed by atoms with Crippen molar-refractivity contribution in [2.24, 2.45) is 0 Å². The number of nitrogens with one attached hydrogen (secondary N) is 1. The fourth-order valence-corrected chi connectivity index (χ4v) is 1.91. The van der Waals surface area contributed by atoms with Crippen LogP contribution in [0.25, 0.3) is 0 Å². The molecule has 1 N–H and O–H groups in total. The largest absolute Gasteiger partial charge is 0.324 e. The Labute approximate surface area is 117 Å². The number of nitrogens with zero attached hydrogens (tertiary/aromatic N) is 2. The molecule has 1 heterocycles. The number of aryl methyl sites for hydroxylation is 2. The average molecular weight is 278 g/mol. The first kappa shape index (κ1) is 13.6. The van der Waals surface area contributed by atoms with Gasteiger partial charge >= 0.3 is 0 Å². The van der Waals surface area contributed by atoms with E-state index < -0.39 is 0 Å². The lowest BCUT2D eigenvalue weighted by molar-refractivity contribution is -0.119. The second kappa shape index (κ2) is 5.45. The maximum absolute atomic E-state index is 12.2. The van der Waals surface area contributed by atoms with Gasteiger partial charge in [0.2, 0.25) is 5.91 Å². The van der Waals surface area contributed by atoms with Crippen LogP contribution in [0.3, 0.4) is 0 Å². The lowest BCUT2D eigenvalue weighted by Gasteiger charge is -2.14. The highest BCUT2D eigenvalue weighted by Crippen LogP contribution is 2.21. The second-order valence-electron chi connectivity index (χ2n) is 4.56. The van der Waals surface area contributed by atoms with Gasteiger partial charge < -0.3 is 5.32 Å². The Morgan fingerprint density at radius 1 is 1.37 bits per heavy atom. The Morgan fingerprint density at radius 3 is 2.74 bits per heavy atom. The highest BCUT2D eigenvalue weighted by molar-refractivity contribution is 6.31. The summed E-state index contributed by atoms with van der Waals surface area (Å²) in [7, 11) is 0. The van der Waals surface area contributed by atoms with Crippen molar-refractivity contribution in [2.45, 2.75) is 26.8 Å². The zero-order valence-electron chi connectivity index (χ0n) is 11.1. The molecule has 0 radical (unpaired) electrons. The molecule has 1 unspecified atom stereocenters. The topological polar surface area (TPSA) is 46.9 Å². The van der Waals surface area contributed by atoms with Gasteiger partial charge in [-0.1, -0.05) is 17.7 Å². The molecule has 2 rings (SSSR count). The number of rotatable bonds is 3. The Hall–Kier alpha value is -1.81. The van der Waals surface area contributed by atoms with E-state index >= 15 is 0 Å². The predicted octanol–water partition coefficient (Wildman–Crippen LogP) is 3.35. The van der Waals surface area contributed by atoms with E-state index in [9.17, 15) is 4.79 Å². The van der Waals surface area contributed by atoms with E-state index in [0.717, 1.165) is 16.9 Å². The van der Waals surface area contributed by atoms with Crippen LogP contribution < -0.4 is 5.32 Å². The molecule has 5 heteroatoms. The summed E-state index contributed by atoms with van der Waals surface area (Å²) in [6, 6.07) is 6.92. The molecular formula is C14H16ClN3O. The van der Waals surface area contributed by atoms with Crippen molar-refractivity contribution in [1.29, 1.82) is 0 Å². The molecule has 0 aliphatic carbocycles. The van der Waals surface area contributed by atoms with Crippen molar-refractivity contribution in [3.8, 4) is 0 Å². The van der Waals surface area contributed by atoms with E-state index in [-0.39, 0.29) is 11.9 Å². The molecule has 0 fully saturated rings. The fraction of sp³-hybridized carbons (Fsp3) is 0.286. The molecule has 1 aromatic heterocycles. The summed E-state index contributed by atoms with van der Waals surface area (Å²) < 4.78 is 1.64. The van der Waals surface area contributed by atoms with Gasteiger partial charge in [0.1, 0.15) is 6.04 Å². The van der Waals surface area contributed by atoms with Gasteiger partial charge in [-0.3, -0.25) is 9.48 Å². The van der Waals surface area contributed by atoms with Gasteiger partial charge in [0.25, 0.3) is 0 Å². The normalized spacial score (nSPS) is 12.2. The van der Waals surface area contributed by atoms with Crippen molar-refractivity contribution >= 4 is 23.2 Å². The maximum atomic E-state index is 12.2.